The standard InChI is InChI=1S/C25H24ClN5O4/c1-14(15(2)32)30-23(33)21-22(28(3)25(30)34)27-24-29(21)13-19(16-8-6-5-7-9-16)31(24)18-12-17(26)10-11-20(18)35-4/h5-14,21-22H,1-4H3. The zero-order valence-electron chi connectivity index (χ0n) is 19.7. The van der Waals surface area contributed by atoms with Crippen LogP contribution in [0.2, 0.25) is 5.02 Å². The van der Waals surface area contributed by atoms with Gasteiger partial charge in [-0.1, -0.05) is 41.9 Å². The number of hydrogen-bond donors (Lipinski definition) is 0. The lowest BCUT2D eigenvalue weighted by molar-refractivity contribution is -0.142. The molecule has 180 valence electrons. The van der Waals surface area contributed by atoms with Crippen molar-refractivity contribution in [2.24, 2.45) is 4.99 Å². The number of benzene rings is 2. The van der Waals surface area contributed by atoms with Gasteiger partial charge in [0, 0.05) is 23.8 Å². The maximum absolute atomic E-state index is 13.6. The minimum Gasteiger partial charge on any atom is -0.495 e. The van der Waals surface area contributed by atoms with E-state index in [9.17, 15) is 14.4 Å². The Morgan fingerprint density at radius 1 is 1.14 bits per heavy atom. The molecule has 9 nitrogen and oxygen atoms in total. The molecule has 5 rings (SSSR count). The van der Waals surface area contributed by atoms with Crippen molar-refractivity contribution in [1.29, 1.82) is 0 Å². The van der Waals surface area contributed by atoms with Crippen molar-refractivity contribution >= 4 is 46.7 Å². The molecule has 2 aromatic rings. The summed E-state index contributed by atoms with van der Waals surface area (Å²) in [6.07, 6.45) is 1.10. The van der Waals surface area contributed by atoms with E-state index >= 15 is 0 Å². The highest BCUT2D eigenvalue weighted by Crippen LogP contribution is 2.43. The van der Waals surface area contributed by atoms with Crippen LogP contribution in [0.1, 0.15) is 19.4 Å². The fourth-order valence-corrected chi connectivity index (χ4v) is 4.79. The molecule has 0 radical (unpaired) electrons. The molecule has 0 N–H and O–H groups in total. The maximum atomic E-state index is 13.6. The monoisotopic (exact) mass is 493 g/mol. The van der Waals surface area contributed by atoms with Crippen LogP contribution in [0.15, 0.2) is 59.7 Å². The number of aliphatic imine (C=N–C) groups is 1. The highest BCUT2D eigenvalue weighted by Gasteiger charge is 2.56. The summed E-state index contributed by atoms with van der Waals surface area (Å²) in [7, 11) is 3.16. The summed E-state index contributed by atoms with van der Waals surface area (Å²) >= 11 is 6.36. The van der Waals surface area contributed by atoms with Crippen LogP contribution < -0.4 is 9.64 Å². The number of ether oxygens (including phenoxy) is 1. The molecule has 3 amide bonds. The molecular weight excluding hydrogens is 470 g/mol. The summed E-state index contributed by atoms with van der Waals surface area (Å²) in [6, 6.07) is 12.7. The van der Waals surface area contributed by atoms with Gasteiger partial charge in [0.15, 0.2) is 18.0 Å². The average molecular weight is 494 g/mol. The number of amides is 3. The third-order valence-electron chi connectivity index (χ3n) is 6.59. The van der Waals surface area contributed by atoms with E-state index in [0.717, 1.165) is 16.2 Å². The van der Waals surface area contributed by atoms with Gasteiger partial charge in [-0.2, -0.15) is 0 Å². The summed E-state index contributed by atoms with van der Waals surface area (Å²) in [5.74, 6) is 0.288. The molecule has 2 aromatic carbocycles. The summed E-state index contributed by atoms with van der Waals surface area (Å²) in [6.45, 7) is 2.92. The van der Waals surface area contributed by atoms with Crippen LogP contribution in [0, 0.1) is 0 Å². The molecule has 3 heterocycles. The van der Waals surface area contributed by atoms with Crippen LogP contribution in [0.5, 0.6) is 5.75 Å². The average Bonchev–Trinajstić information content (AvgIpc) is 3.39. The number of ketones is 1. The molecule has 3 aliphatic heterocycles. The number of rotatable bonds is 5. The largest absolute Gasteiger partial charge is 0.495 e. The minimum absolute atomic E-state index is 0.273. The molecule has 0 aromatic heterocycles. The summed E-state index contributed by atoms with van der Waals surface area (Å²) in [4.78, 5) is 49.7. The Morgan fingerprint density at radius 3 is 2.51 bits per heavy atom. The van der Waals surface area contributed by atoms with E-state index in [1.165, 1.54) is 11.8 Å². The van der Waals surface area contributed by atoms with Gasteiger partial charge < -0.3 is 9.64 Å². The number of carbonyl (C=O) groups excluding carboxylic acids is 3. The predicted octanol–water partition coefficient (Wildman–Crippen LogP) is 3.41. The highest BCUT2D eigenvalue weighted by atomic mass is 35.5. The van der Waals surface area contributed by atoms with Gasteiger partial charge in [0.1, 0.15) is 5.75 Å². The lowest BCUT2D eigenvalue weighted by Gasteiger charge is -2.41. The number of likely N-dealkylation sites (N-methyl/N-ethyl adjacent to an activating group) is 1. The van der Waals surface area contributed by atoms with Gasteiger partial charge in [-0.05, 0) is 32.0 Å². The second-order valence-electron chi connectivity index (χ2n) is 8.62. The first-order chi connectivity index (χ1) is 16.7. The van der Waals surface area contributed by atoms with Crippen LogP contribution in [0.4, 0.5) is 10.5 Å². The zero-order valence-corrected chi connectivity index (χ0v) is 20.4. The van der Waals surface area contributed by atoms with Crippen molar-refractivity contribution in [1.82, 2.24) is 14.7 Å². The summed E-state index contributed by atoms with van der Waals surface area (Å²) < 4.78 is 5.62. The number of fused-ring (bicyclic) bond motifs is 3. The number of nitrogens with zero attached hydrogens (tertiary/aromatic N) is 5. The van der Waals surface area contributed by atoms with Crippen molar-refractivity contribution in [3.8, 4) is 5.75 Å². The number of anilines is 1. The van der Waals surface area contributed by atoms with Crippen LogP contribution >= 0.6 is 11.6 Å². The maximum Gasteiger partial charge on any atom is 0.328 e. The third-order valence-corrected chi connectivity index (χ3v) is 6.82. The molecule has 0 saturated carbocycles. The summed E-state index contributed by atoms with van der Waals surface area (Å²) in [5.41, 5.74) is 2.30. The first kappa shape index (κ1) is 22.9. The summed E-state index contributed by atoms with van der Waals surface area (Å²) in [5, 5.41) is 0.507. The number of guanidine groups is 1. The van der Waals surface area contributed by atoms with Gasteiger partial charge in [0.2, 0.25) is 5.96 Å². The van der Waals surface area contributed by atoms with E-state index < -0.39 is 30.2 Å². The van der Waals surface area contributed by atoms with Crippen molar-refractivity contribution in [2.45, 2.75) is 32.1 Å². The Kier molecular flexibility index (Phi) is 5.52. The smallest absolute Gasteiger partial charge is 0.328 e. The number of halogens is 1. The molecule has 0 bridgehead atoms. The molecule has 1 fully saturated rings. The number of hydrogen-bond acceptors (Lipinski definition) is 7. The topological polar surface area (TPSA) is 85.8 Å². The van der Waals surface area contributed by atoms with E-state index in [1.807, 2.05) is 41.4 Å². The Morgan fingerprint density at radius 2 is 1.86 bits per heavy atom. The second-order valence-corrected chi connectivity index (χ2v) is 9.05. The minimum atomic E-state index is -0.883. The Bertz CT molecular complexity index is 1290. The van der Waals surface area contributed by atoms with Gasteiger partial charge in [-0.3, -0.25) is 24.3 Å². The molecule has 1 saturated heterocycles. The number of methoxy groups -OCH3 is 1. The van der Waals surface area contributed by atoms with Crippen molar-refractivity contribution in [3.63, 3.8) is 0 Å². The van der Waals surface area contributed by atoms with E-state index in [4.69, 9.17) is 21.3 Å². The zero-order chi connectivity index (χ0) is 25.0. The normalized spacial score (nSPS) is 22.1. The predicted molar refractivity (Wildman–Crippen MR) is 132 cm³/mol. The van der Waals surface area contributed by atoms with E-state index in [0.29, 0.717) is 22.4 Å². The Labute approximate surface area is 207 Å². The molecule has 35 heavy (non-hydrogen) atoms. The lowest BCUT2D eigenvalue weighted by atomic mass is 10.1. The molecular formula is C25H24ClN5O4. The number of Topliss-reactive ketones (excluding diaryl/α,β-unsaturated/α-hetero) is 1. The number of urea groups is 1. The van der Waals surface area contributed by atoms with E-state index in [1.54, 1.807) is 44.2 Å². The number of imide groups is 1. The second kappa shape index (κ2) is 8.42. The SMILES string of the molecule is COc1ccc(Cl)cc1N1C(c2ccccc2)=CN2C1=NC1C2C(=O)N(C(C)C(C)=O)C(=O)N1C. The molecule has 0 aliphatic carbocycles. The van der Waals surface area contributed by atoms with Crippen LogP contribution in [-0.2, 0) is 9.59 Å². The lowest BCUT2D eigenvalue weighted by Crippen LogP contribution is -2.66. The Balaban J connectivity index is 1.66. The quantitative estimate of drug-likeness (QED) is 0.634. The van der Waals surface area contributed by atoms with Gasteiger partial charge in [-0.25, -0.2) is 9.79 Å². The van der Waals surface area contributed by atoms with E-state index in [2.05, 4.69) is 0 Å². The van der Waals surface area contributed by atoms with Crippen LogP contribution in [-0.4, -0.2) is 70.8 Å². The van der Waals surface area contributed by atoms with Crippen LogP contribution in [0.3, 0.4) is 0 Å². The molecule has 3 atom stereocenters. The van der Waals surface area contributed by atoms with Crippen molar-refractivity contribution in [3.05, 3.63) is 65.3 Å². The molecule has 3 unspecified atom stereocenters. The molecule has 10 heteroatoms. The highest BCUT2D eigenvalue weighted by molar-refractivity contribution is 6.31. The Hall–Kier alpha value is -3.85. The fourth-order valence-electron chi connectivity index (χ4n) is 4.62. The first-order valence-corrected chi connectivity index (χ1v) is 11.5. The van der Waals surface area contributed by atoms with Crippen LogP contribution in [0.25, 0.3) is 5.70 Å². The van der Waals surface area contributed by atoms with Crippen molar-refractivity contribution in [2.75, 3.05) is 19.1 Å². The van der Waals surface area contributed by atoms with Gasteiger partial charge in [0.05, 0.1) is 24.5 Å². The van der Waals surface area contributed by atoms with Crippen molar-refractivity contribution < 1.29 is 19.1 Å². The van der Waals surface area contributed by atoms with E-state index in [-0.39, 0.29) is 5.78 Å². The van der Waals surface area contributed by atoms with Gasteiger partial charge >= 0.3 is 6.03 Å². The van der Waals surface area contributed by atoms with Gasteiger partial charge in [-0.15, -0.1) is 0 Å². The fraction of sp³-hybridized carbons (Fsp3) is 0.280. The van der Waals surface area contributed by atoms with Gasteiger partial charge in [0.25, 0.3) is 5.91 Å². The number of carbonyl (C=O) groups is 3. The molecule has 3 aliphatic rings. The molecule has 0 spiro atoms. The third kappa shape index (κ3) is 3.46. The first-order valence-electron chi connectivity index (χ1n) is 11.1.